The maximum atomic E-state index is 10.8. The van der Waals surface area contributed by atoms with Gasteiger partial charge in [0, 0.05) is 11.4 Å². The maximum absolute atomic E-state index is 10.8. The van der Waals surface area contributed by atoms with Crippen LogP contribution in [0.3, 0.4) is 0 Å². The number of halogens is 1. The third kappa shape index (κ3) is 1.38. The summed E-state index contributed by atoms with van der Waals surface area (Å²) in [4.78, 5) is 10.8. The van der Waals surface area contributed by atoms with E-state index in [9.17, 15) is 4.79 Å². The predicted molar refractivity (Wildman–Crippen MR) is 52.1 cm³/mol. The lowest BCUT2D eigenvalue weighted by Gasteiger charge is -2.02. The topological polar surface area (TPSA) is 64.9 Å². The van der Waals surface area contributed by atoms with Crippen LogP contribution < -0.4 is 5.73 Å². The Morgan fingerprint density at radius 3 is 2.50 bits per heavy atom. The van der Waals surface area contributed by atoms with Gasteiger partial charge in [-0.3, -0.25) is 0 Å². The Kier molecular flexibility index (Phi) is 2.01. The monoisotopic (exact) mass is 212 g/mol. The molecule has 1 aromatic rings. The van der Waals surface area contributed by atoms with Gasteiger partial charge < -0.3 is 10.8 Å². The third-order valence-corrected chi connectivity index (χ3v) is 3.03. The Balaban J connectivity index is 2.21. The van der Waals surface area contributed by atoms with E-state index >= 15 is 0 Å². The summed E-state index contributed by atoms with van der Waals surface area (Å²) in [5.74, 6) is -0.783. The zero-order chi connectivity index (χ0) is 10.3. The fraction of sp³-hybridized carbons (Fsp3) is 0.300. The van der Waals surface area contributed by atoms with Gasteiger partial charge in [0.15, 0.2) is 0 Å². The molecule has 3 nitrogen and oxygen atoms in total. The Morgan fingerprint density at radius 1 is 1.50 bits per heavy atom. The Labute approximate surface area is 86.5 Å². The largest absolute Gasteiger partial charge is 0.477 e. The van der Waals surface area contributed by atoms with Crippen molar-refractivity contribution < 1.29 is 15.6 Å². The molecule has 1 aliphatic rings. The van der Waals surface area contributed by atoms with Gasteiger partial charge in [-0.2, -0.15) is 0 Å². The van der Waals surface area contributed by atoms with Crippen LogP contribution in [0.4, 0.5) is 0 Å². The molecule has 14 heavy (non-hydrogen) atoms. The van der Waals surface area contributed by atoms with Crippen LogP contribution in [-0.2, 0) is 4.79 Å². The molecule has 4 heteroatoms. The van der Waals surface area contributed by atoms with Crippen molar-refractivity contribution in [2.75, 3.05) is 0 Å². The molecule has 1 saturated carbocycles. The zero-order valence-electron chi connectivity index (χ0n) is 7.53. The average molecular weight is 213 g/mol. The molecular weight excluding hydrogens is 202 g/mol. The van der Waals surface area contributed by atoms with E-state index in [4.69, 9.17) is 16.7 Å². The number of quaternary nitrogens is 1. The summed E-state index contributed by atoms with van der Waals surface area (Å²) in [6.07, 6.45) is 0.615. The fourth-order valence-corrected chi connectivity index (χ4v) is 1.80. The second-order valence-electron chi connectivity index (χ2n) is 3.77. The van der Waals surface area contributed by atoms with Crippen molar-refractivity contribution in [1.82, 2.24) is 0 Å². The van der Waals surface area contributed by atoms with Crippen molar-refractivity contribution in [3.05, 3.63) is 34.9 Å². The Morgan fingerprint density at radius 2 is 2.07 bits per heavy atom. The van der Waals surface area contributed by atoms with Gasteiger partial charge in [0.1, 0.15) is 0 Å². The molecule has 0 bridgehead atoms. The zero-order valence-corrected chi connectivity index (χ0v) is 8.29. The van der Waals surface area contributed by atoms with Crippen LogP contribution in [0, 0.1) is 0 Å². The van der Waals surface area contributed by atoms with Crippen LogP contribution >= 0.6 is 11.6 Å². The van der Waals surface area contributed by atoms with Crippen LogP contribution in [-0.4, -0.2) is 16.6 Å². The highest BCUT2D eigenvalue weighted by molar-refractivity contribution is 6.30. The molecule has 0 aliphatic heterocycles. The van der Waals surface area contributed by atoms with Crippen LogP contribution in [0.5, 0.6) is 0 Å². The lowest BCUT2D eigenvalue weighted by molar-refractivity contribution is -0.426. The molecule has 1 aliphatic carbocycles. The number of hydrogen-bond acceptors (Lipinski definition) is 1. The van der Waals surface area contributed by atoms with Gasteiger partial charge in [-0.1, -0.05) is 23.7 Å². The molecule has 2 atom stereocenters. The van der Waals surface area contributed by atoms with Gasteiger partial charge in [0.2, 0.25) is 5.54 Å². The van der Waals surface area contributed by atoms with Crippen molar-refractivity contribution in [3.8, 4) is 0 Å². The van der Waals surface area contributed by atoms with Crippen LogP contribution in [0.2, 0.25) is 5.02 Å². The van der Waals surface area contributed by atoms with Gasteiger partial charge in [-0.15, -0.1) is 0 Å². The van der Waals surface area contributed by atoms with Gasteiger partial charge in [-0.25, -0.2) is 4.79 Å². The lowest BCUT2D eigenvalue weighted by Crippen LogP contribution is -2.68. The molecule has 74 valence electrons. The molecule has 0 amide bonds. The van der Waals surface area contributed by atoms with Crippen LogP contribution in [0.25, 0.3) is 0 Å². The molecule has 4 N–H and O–H groups in total. The molecule has 1 aromatic carbocycles. The number of rotatable bonds is 2. The normalized spacial score (nSPS) is 30.0. The second-order valence-corrected chi connectivity index (χ2v) is 4.21. The summed E-state index contributed by atoms with van der Waals surface area (Å²) < 4.78 is 0. The maximum Gasteiger partial charge on any atom is 0.366 e. The number of hydrogen-bond donors (Lipinski definition) is 2. The summed E-state index contributed by atoms with van der Waals surface area (Å²) in [7, 11) is 0. The first-order chi connectivity index (χ1) is 6.54. The second kappa shape index (κ2) is 2.97. The molecule has 0 spiro atoms. The highest BCUT2D eigenvalue weighted by Gasteiger charge is 2.62. The van der Waals surface area contributed by atoms with Crippen molar-refractivity contribution >= 4 is 17.6 Å². The number of carboxylic acids is 1. The average Bonchev–Trinajstić information content (AvgIpc) is 2.81. The molecule has 0 saturated heterocycles. The van der Waals surface area contributed by atoms with Crippen molar-refractivity contribution in [2.24, 2.45) is 0 Å². The SMILES string of the molecule is [NH3+][C@@]1(C(=O)O)C[C@@H]1c1ccc(Cl)cc1. The minimum Gasteiger partial charge on any atom is -0.477 e. The van der Waals surface area contributed by atoms with Gasteiger partial charge in [-0.05, 0) is 17.7 Å². The number of carboxylic acid groups (broad SMARTS) is 1. The van der Waals surface area contributed by atoms with Crippen molar-refractivity contribution in [3.63, 3.8) is 0 Å². The van der Waals surface area contributed by atoms with E-state index in [0.29, 0.717) is 11.4 Å². The lowest BCUT2D eigenvalue weighted by atomic mass is 10.1. The van der Waals surface area contributed by atoms with E-state index in [1.54, 1.807) is 12.1 Å². The summed E-state index contributed by atoms with van der Waals surface area (Å²) in [5.41, 5.74) is 3.92. The minimum atomic E-state index is -0.822. The van der Waals surface area contributed by atoms with E-state index in [2.05, 4.69) is 5.73 Å². The van der Waals surface area contributed by atoms with Gasteiger partial charge in [0.05, 0.1) is 5.92 Å². The molecule has 0 unspecified atom stereocenters. The van der Waals surface area contributed by atoms with E-state index in [-0.39, 0.29) is 5.92 Å². The first kappa shape index (κ1) is 9.49. The summed E-state index contributed by atoms with van der Waals surface area (Å²) in [6.45, 7) is 0. The summed E-state index contributed by atoms with van der Waals surface area (Å²) >= 11 is 5.74. The van der Waals surface area contributed by atoms with Crippen molar-refractivity contribution in [2.45, 2.75) is 17.9 Å². The number of carbonyl (C=O) groups is 1. The number of benzene rings is 1. The minimum absolute atomic E-state index is 0.0391. The molecule has 0 aromatic heterocycles. The highest BCUT2D eigenvalue weighted by Crippen LogP contribution is 2.48. The molecule has 2 rings (SSSR count). The number of aliphatic carboxylic acids is 1. The smallest absolute Gasteiger partial charge is 0.366 e. The molecule has 0 heterocycles. The predicted octanol–water partition coefficient (Wildman–Crippen LogP) is 0.893. The standard InChI is InChI=1S/C10H10ClNO2/c11-7-3-1-6(2-4-7)8-5-10(8,12)9(13)14/h1-4,8H,5,12H2,(H,13,14)/p+1/t8-,10+/m1/s1. The van der Waals surface area contributed by atoms with Gasteiger partial charge >= 0.3 is 5.97 Å². The van der Waals surface area contributed by atoms with E-state index < -0.39 is 11.5 Å². The third-order valence-electron chi connectivity index (χ3n) is 2.77. The molecular formula is C10H11ClNO2+. The fourth-order valence-electron chi connectivity index (χ4n) is 1.67. The van der Waals surface area contributed by atoms with E-state index in [1.807, 2.05) is 12.1 Å². The summed E-state index contributed by atoms with van der Waals surface area (Å²) in [5, 5.41) is 9.58. The van der Waals surface area contributed by atoms with E-state index in [1.165, 1.54) is 0 Å². The first-order valence-corrected chi connectivity index (χ1v) is 4.76. The molecule has 0 radical (unpaired) electrons. The van der Waals surface area contributed by atoms with Crippen LogP contribution in [0.15, 0.2) is 24.3 Å². The van der Waals surface area contributed by atoms with E-state index in [0.717, 1.165) is 5.56 Å². The quantitative estimate of drug-likeness (QED) is 0.765. The van der Waals surface area contributed by atoms with Crippen molar-refractivity contribution in [1.29, 1.82) is 0 Å². The van der Waals surface area contributed by atoms with Crippen LogP contribution in [0.1, 0.15) is 17.9 Å². The van der Waals surface area contributed by atoms with Gasteiger partial charge in [0.25, 0.3) is 0 Å². The molecule has 1 fully saturated rings. The highest BCUT2D eigenvalue weighted by atomic mass is 35.5. The summed E-state index contributed by atoms with van der Waals surface area (Å²) in [6, 6.07) is 7.28. The Bertz CT molecular complexity index is 376. The first-order valence-electron chi connectivity index (χ1n) is 4.38. The Hall–Kier alpha value is -1.06.